The van der Waals surface area contributed by atoms with Crippen LogP contribution in [0.15, 0.2) is 98.6 Å². The number of amides is 1. The summed E-state index contributed by atoms with van der Waals surface area (Å²) in [5.74, 6) is 0.277. The van der Waals surface area contributed by atoms with Crippen LogP contribution in [0.2, 0.25) is 0 Å². The zero-order chi connectivity index (χ0) is 28.8. The molecule has 10 heteroatoms. The molecular formula is C31H27N5O4S. The Morgan fingerprint density at radius 2 is 1.73 bits per heavy atom. The van der Waals surface area contributed by atoms with Crippen LogP contribution in [0.4, 0.5) is 5.69 Å². The number of nitrogens with zero attached hydrogens (tertiary/aromatic N) is 4. The molecule has 0 radical (unpaired) electrons. The molecule has 0 saturated carbocycles. The number of aryl methyl sites for hydroxylation is 2. The smallest absolute Gasteiger partial charge is 0.328 e. The average molecular weight is 566 g/mol. The van der Waals surface area contributed by atoms with E-state index >= 15 is 0 Å². The SMILES string of the molecule is COc1cccc([C@@H]2C(C(=O)Nc3ccccc3)=C(C)N=c3s/c(=C/c4ccc5c(c4)n(C)c(=O)n5C)c(=O)n32)c1. The number of carbonyl (C=O) groups excluding carboxylic acids is 1. The number of allylic oxidation sites excluding steroid dienone is 1. The first-order chi connectivity index (χ1) is 19.8. The number of anilines is 1. The van der Waals surface area contributed by atoms with Gasteiger partial charge in [0.15, 0.2) is 4.80 Å². The van der Waals surface area contributed by atoms with E-state index in [1.807, 2.05) is 72.8 Å². The molecule has 41 heavy (non-hydrogen) atoms. The molecule has 0 unspecified atom stereocenters. The minimum Gasteiger partial charge on any atom is -0.497 e. The third-order valence-electron chi connectivity index (χ3n) is 7.30. The van der Waals surface area contributed by atoms with Crippen LogP contribution in [0.5, 0.6) is 5.75 Å². The number of hydrogen-bond donors (Lipinski definition) is 1. The van der Waals surface area contributed by atoms with Gasteiger partial charge in [-0.25, -0.2) is 9.79 Å². The van der Waals surface area contributed by atoms with Gasteiger partial charge in [-0.05, 0) is 60.5 Å². The molecule has 1 aliphatic heterocycles. The number of rotatable bonds is 5. The molecule has 3 aromatic carbocycles. The fourth-order valence-corrected chi connectivity index (χ4v) is 6.27. The highest BCUT2D eigenvalue weighted by atomic mass is 32.1. The zero-order valence-corrected chi connectivity index (χ0v) is 23.7. The lowest BCUT2D eigenvalue weighted by atomic mass is 9.95. The largest absolute Gasteiger partial charge is 0.497 e. The number of methoxy groups -OCH3 is 1. The maximum absolute atomic E-state index is 14.0. The molecule has 1 atom stereocenters. The fourth-order valence-electron chi connectivity index (χ4n) is 5.22. The van der Waals surface area contributed by atoms with Gasteiger partial charge in [-0.2, -0.15) is 0 Å². The van der Waals surface area contributed by atoms with Gasteiger partial charge in [-0.15, -0.1) is 0 Å². The Morgan fingerprint density at radius 1 is 0.976 bits per heavy atom. The van der Waals surface area contributed by atoms with Crippen molar-refractivity contribution in [2.24, 2.45) is 19.1 Å². The summed E-state index contributed by atoms with van der Waals surface area (Å²) in [4.78, 5) is 45.3. The van der Waals surface area contributed by atoms with Crippen LogP contribution in [-0.4, -0.2) is 26.7 Å². The van der Waals surface area contributed by atoms with Gasteiger partial charge in [-0.3, -0.25) is 23.3 Å². The lowest BCUT2D eigenvalue weighted by Crippen LogP contribution is -2.40. The van der Waals surface area contributed by atoms with Crippen LogP contribution in [0.1, 0.15) is 24.1 Å². The molecule has 9 nitrogen and oxygen atoms in total. The summed E-state index contributed by atoms with van der Waals surface area (Å²) < 4.78 is 10.7. The standard InChI is InChI=1S/C31H27N5O4S/c1-18-26(28(37)33-21-10-6-5-7-11-21)27(20-9-8-12-22(17-20)40-4)36-29(38)25(41-30(36)32-18)16-19-13-14-23-24(15-19)35(3)31(39)34(23)2/h5-17,27H,1-4H3,(H,33,37)/b25-16+/t27-/m1/s1. The van der Waals surface area contributed by atoms with Gasteiger partial charge < -0.3 is 10.1 Å². The van der Waals surface area contributed by atoms with E-state index in [0.717, 1.165) is 22.2 Å². The van der Waals surface area contributed by atoms with E-state index in [-0.39, 0.29) is 17.2 Å². The third kappa shape index (κ3) is 4.52. The second-order valence-electron chi connectivity index (χ2n) is 9.83. The van der Waals surface area contributed by atoms with Crippen molar-refractivity contribution in [3.8, 4) is 5.75 Å². The zero-order valence-electron chi connectivity index (χ0n) is 22.9. The molecule has 0 fully saturated rings. The molecule has 0 spiro atoms. The predicted molar refractivity (Wildman–Crippen MR) is 160 cm³/mol. The number of nitrogens with one attached hydrogen (secondary N) is 1. The van der Waals surface area contributed by atoms with Gasteiger partial charge in [0.2, 0.25) is 0 Å². The average Bonchev–Trinajstić information content (AvgIpc) is 3.39. The van der Waals surface area contributed by atoms with E-state index < -0.39 is 6.04 Å². The Balaban J connectivity index is 1.52. The number of hydrogen-bond acceptors (Lipinski definition) is 6. The normalized spacial score (nSPS) is 15.1. The first kappa shape index (κ1) is 26.3. The van der Waals surface area contributed by atoms with Gasteiger partial charge in [-0.1, -0.05) is 47.7 Å². The third-order valence-corrected chi connectivity index (χ3v) is 8.28. The Hall–Kier alpha value is -4.96. The second-order valence-corrected chi connectivity index (χ2v) is 10.8. The summed E-state index contributed by atoms with van der Waals surface area (Å²) in [5.41, 5.74) is 4.24. The molecule has 206 valence electrons. The number of thiazole rings is 1. The summed E-state index contributed by atoms with van der Waals surface area (Å²) in [6.07, 6.45) is 1.80. The summed E-state index contributed by atoms with van der Waals surface area (Å²) in [6.45, 7) is 1.79. The van der Waals surface area contributed by atoms with E-state index in [1.54, 1.807) is 47.9 Å². The number of para-hydroxylation sites is 1. The lowest BCUT2D eigenvalue weighted by Gasteiger charge is -2.25. The second kappa shape index (κ2) is 10.2. The van der Waals surface area contributed by atoms with E-state index in [0.29, 0.717) is 32.0 Å². The molecule has 0 bridgehead atoms. The van der Waals surface area contributed by atoms with E-state index in [4.69, 9.17) is 9.73 Å². The Morgan fingerprint density at radius 3 is 2.49 bits per heavy atom. The molecule has 1 aliphatic rings. The molecule has 0 saturated heterocycles. The molecule has 6 rings (SSSR count). The first-order valence-electron chi connectivity index (χ1n) is 12.9. The Kier molecular flexibility index (Phi) is 6.55. The molecule has 5 aromatic rings. The van der Waals surface area contributed by atoms with E-state index in [1.165, 1.54) is 11.3 Å². The van der Waals surface area contributed by atoms with Gasteiger partial charge >= 0.3 is 5.69 Å². The monoisotopic (exact) mass is 565 g/mol. The number of carbonyl (C=O) groups is 1. The van der Waals surface area contributed by atoms with Crippen LogP contribution in [0, 0.1) is 0 Å². The van der Waals surface area contributed by atoms with Crippen LogP contribution in [0.25, 0.3) is 17.1 Å². The fraction of sp³-hybridized carbons (Fsp3) is 0.161. The van der Waals surface area contributed by atoms with Crippen molar-refractivity contribution in [1.82, 2.24) is 13.7 Å². The highest BCUT2D eigenvalue weighted by Gasteiger charge is 2.32. The Bertz CT molecular complexity index is 2120. The van der Waals surface area contributed by atoms with Gasteiger partial charge in [0.05, 0.1) is 40.0 Å². The van der Waals surface area contributed by atoms with Crippen LogP contribution >= 0.6 is 11.3 Å². The van der Waals surface area contributed by atoms with Crippen LogP contribution < -0.4 is 30.6 Å². The van der Waals surface area contributed by atoms with E-state index in [9.17, 15) is 14.4 Å². The highest BCUT2D eigenvalue weighted by molar-refractivity contribution is 7.07. The maximum Gasteiger partial charge on any atom is 0.328 e. The first-order valence-corrected chi connectivity index (χ1v) is 13.8. The molecule has 0 aliphatic carbocycles. The lowest BCUT2D eigenvalue weighted by molar-refractivity contribution is -0.113. The van der Waals surface area contributed by atoms with Crippen molar-refractivity contribution < 1.29 is 9.53 Å². The van der Waals surface area contributed by atoms with Crippen molar-refractivity contribution in [3.63, 3.8) is 0 Å². The number of benzene rings is 3. The Labute approximate surface area is 238 Å². The topological polar surface area (TPSA) is 99.6 Å². The van der Waals surface area contributed by atoms with Crippen molar-refractivity contribution >= 4 is 40.0 Å². The van der Waals surface area contributed by atoms with E-state index in [2.05, 4.69) is 5.32 Å². The van der Waals surface area contributed by atoms with Crippen LogP contribution in [0.3, 0.4) is 0 Å². The quantitative estimate of drug-likeness (QED) is 0.354. The van der Waals surface area contributed by atoms with Crippen molar-refractivity contribution in [2.75, 3.05) is 12.4 Å². The molecule has 2 aromatic heterocycles. The highest BCUT2D eigenvalue weighted by Crippen LogP contribution is 2.32. The minimum atomic E-state index is -0.718. The number of ether oxygens (including phenoxy) is 1. The maximum atomic E-state index is 14.0. The number of imidazole rings is 1. The summed E-state index contributed by atoms with van der Waals surface area (Å²) in [6, 6.07) is 21.5. The minimum absolute atomic E-state index is 0.119. The molecule has 1 N–H and O–H groups in total. The van der Waals surface area contributed by atoms with Gasteiger partial charge in [0, 0.05) is 19.8 Å². The molecule has 3 heterocycles. The van der Waals surface area contributed by atoms with Crippen LogP contribution in [-0.2, 0) is 18.9 Å². The van der Waals surface area contributed by atoms with Gasteiger partial charge in [0.25, 0.3) is 11.5 Å². The number of fused-ring (bicyclic) bond motifs is 2. The summed E-state index contributed by atoms with van der Waals surface area (Å²) >= 11 is 1.26. The number of aromatic nitrogens is 3. The molecule has 1 amide bonds. The van der Waals surface area contributed by atoms with Crippen molar-refractivity contribution in [3.05, 3.63) is 125 Å². The van der Waals surface area contributed by atoms with Gasteiger partial charge in [0.1, 0.15) is 5.75 Å². The van der Waals surface area contributed by atoms with Crippen molar-refractivity contribution in [2.45, 2.75) is 13.0 Å². The van der Waals surface area contributed by atoms with Crippen molar-refractivity contribution in [1.29, 1.82) is 0 Å². The summed E-state index contributed by atoms with van der Waals surface area (Å²) in [5, 5.41) is 2.96. The molecular weight excluding hydrogens is 538 g/mol. The summed E-state index contributed by atoms with van der Waals surface area (Å²) in [7, 11) is 5.03. The predicted octanol–water partition coefficient (Wildman–Crippen LogP) is 3.07.